The van der Waals surface area contributed by atoms with E-state index in [9.17, 15) is 9.59 Å². The van der Waals surface area contributed by atoms with Crippen LogP contribution in [0.5, 0.6) is 11.5 Å². The highest BCUT2D eigenvalue weighted by Gasteiger charge is 2.47. The van der Waals surface area contributed by atoms with Crippen LogP contribution in [0.1, 0.15) is 65.5 Å². The van der Waals surface area contributed by atoms with Gasteiger partial charge in [-0.05, 0) is 81.8 Å². The summed E-state index contributed by atoms with van der Waals surface area (Å²) >= 11 is 0. The molecule has 3 aromatic carbocycles. The molecule has 0 heterocycles. The van der Waals surface area contributed by atoms with Crippen molar-refractivity contribution in [1.29, 1.82) is 0 Å². The maximum atomic E-state index is 12.7. The molecule has 5 nitrogen and oxygen atoms in total. The molecule has 3 aromatic rings. The van der Waals surface area contributed by atoms with Crippen LogP contribution in [0.3, 0.4) is 0 Å². The number of hydrogen-bond acceptors (Lipinski definition) is 5. The number of hydrogen-bond donors (Lipinski definition) is 1. The van der Waals surface area contributed by atoms with Crippen molar-refractivity contribution in [3.8, 4) is 35.0 Å². The zero-order chi connectivity index (χ0) is 28.1. The Morgan fingerprint density at radius 2 is 1.24 bits per heavy atom. The average molecular weight is 513 g/mol. The van der Waals surface area contributed by atoms with Gasteiger partial charge in [-0.15, -0.1) is 6.42 Å². The van der Waals surface area contributed by atoms with E-state index in [1.165, 1.54) is 12.1 Å². The number of benzene rings is 3. The maximum absolute atomic E-state index is 12.7. The Morgan fingerprint density at radius 3 is 1.68 bits per heavy atom. The largest absolute Gasteiger partial charge is 0.508 e. The van der Waals surface area contributed by atoms with E-state index in [0.717, 1.165) is 28.7 Å². The number of phenolic OH excluding ortho intramolecular Hbond substituents is 1. The van der Waals surface area contributed by atoms with E-state index in [4.69, 9.17) is 21.0 Å². The van der Waals surface area contributed by atoms with Gasteiger partial charge in [-0.1, -0.05) is 62.4 Å². The zero-order valence-corrected chi connectivity index (χ0v) is 23.0. The fraction of sp³-hybridized carbons (Fsp3) is 0.333. The molecule has 0 bridgehead atoms. The number of ether oxygens (including phenoxy) is 2. The summed E-state index contributed by atoms with van der Waals surface area (Å²) in [6.07, 6.45) is 7.32. The molecule has 0 aliphatic heterocycles. The third kappa shape index (κ3) is 5.60. The standard InChI is InChI=1S/C21H20O2.C12H16O3/c1-5-20(3,4)19(22)23-21(6-2)17-13-9-7-11-15(17)16-12-8-10-14-18(16)21;1-4-12(2,3)11(14)15-10-7-5-9(13)6-8-10/h2,7-14H,5H2,1,3-4H3;5-8,13H,4H2,1-3H3. The fourth-order valence-corrected chi connectivity index (χ4v) is 3.82. The van der Waals surface area contributed by atoms with Gasteiger partial charge in [0.05, 0.1) is 10.8 Å². The van der Waals surface area contributed by atoms with Gasteiger partial charge in [-0.2, -0.15) is 0 Å². The van der Waals surface area contributed by atoms with Crippen molar-refractivity contribution >= 4 is 11.9 Å². The third-order valence-electron chi connectivity index (χ3n) is 7.27. The Labute approximate surface area is 225 Å². The van der Waals surface area contributed by atoms with E-state index in [1.54, 1.807) is 12.1 Å². The van der Waals surface area contributed by atoms with Gasteiger partial charge in [0.25, 0.3) is 0 Å². The number of phenols is 1. The molecule has 0 fully saturated rings. The minimum absolute atomic E-state index is 0.157. The van der Waals surface area contributed by atoms with Crippen molar-refractivity contribution in [3.63, 3.8) is 0 Å². The van der Waals surface area contributed by atoms with Crippen molar-refractivity contribution in [2.75, 3.05) is 0 Å². The van der Waals surface area contributed by atoms with Crippen LogP contribution in [-0.4, -0.2) is 17.0 Å². The lowest BCUT2D eigenvalue weighted by atomic mass is 9.88. The summed E-state index contributed by atoms with van der Waals surface area (Å²) in [7, 11) is 0. The lowest BCUT2D eigenvalue weighted by Gasteiger charge is -2.31. The van der Waals surface area contributed by atoms with Crippen LogP contribution in [0.2, 0.25) is 0 Å². The van der Waals surface area contributed by atoms with E-state index in [-0.39, 0.29) is 17.7 Å². The summed E-state index contributed by atoms with van der Waals surface area (Å²) in [5.41, 5.74) is 1.60. The van der Waals surface area contributed by atoms with E-state index >= 15 is 0 Å². The summed E-state index contributed by atoms with van der Waals surface area (Å²) in [4.78, 5) is 24.4. The molecule has 0 saturated carbocycles. The molecular weight excluding hydrogens is 476 g/mol. The van der Waals surface area contributed by atoms with Crippen LogP contribution in [0.15, 0.2) is 72.8 Å². The molecule has 0 aromatic heterocycles. The van der Waals surface area contributed by atoms with Gasteiger partial charge in [0.1, 0.15) is 11.5 Å². The Balaban J connectivity index is 0.000000232. The first-order chi connectivity index (χ1) is 17.9. The molecule has 5 heteroatoms. The van der Waals surface area contributed by atoms with Crippen molar-refractivity contribution in [3.05, 3.63) is 83.9 Å². The quantitative estimate of drug-likeness (QED) is 0.214. The Bertz CT molecular complexity index is 1300. The molecular formula is C33H36O5. The molecule has 38 heavy (non-hydrogen) atoms. The van der Waals surface area contributed by atoms with Gasteiger partial charge in [0.15, 0.2) is 0 Å². The van der Waals surface area contributed by atoms with Crippen LogP contribution in [0.25, 0.3) is 11.1 Å². The normalized spacial score (nSPS) is 13.2. The number of rotatable bonds is 6. The first-order valence-corrected chi connectivity index (χ1v) is 12.8. The molecule has 0 radical (unpaired) electrons. The smallest absolute Gasteiger partial charge is 0.316 e. The summed E-state index contributed by atoms with van der Waals surface area (Å²) in [6.45, 7) is 11.4. The summed E-state index contributed by atoms with van der Waals surface area (Å²) < 4.78 is 11.2. The summed E-state index contributed by atoms with van der Waals surface area (Å²) in [5, 5.41) is 9.06. The van der Waals surface area contributed by atoms with E-state index in [2.05, 4.69) is 5.92 Å². The van der Waals surface area contributed by atoms with Crippen LogP contribution >= 0.6 is 0 Å². The van der Waals surface area contributed by atoms with Gasteiger partial charge in [-0.3, -0.25) is 9.59 Å². The second-order valence-corrected chi connectivity index (χ2v) is 10.7. The molecule has 198 valence electrons. The minimum atomic E-state index is -1.14. The number of esters is 2. The van der Waals surface area contributed by atoms with Crippen LogP contribution < -0.4 is 4.74 Å². The zero-order valence-electron chi connectivity index (χ0n) is 23.0. The van der Waals surface area contributed by atoms with Gasteiger partial charge >= 0.3 is 11.9 Å². The summed E-state index contributed by atoms with van der Waals surface area (Å²) in [6, 6.07) is 21.8. The Morgan fingerprint density at radius 1 is 0.789 bits per heavy atom. The van der Waals surface area contributed by atoms with Crippen LogP contribution in [-0.2, 0) is 19.9 Å². The molecule has 0 amide bonds. The molecule has 0 saturated heterocycles. The molecule has 1 aliphatic rings. The average Bonchev–Trinajstić information content (AvgIpc) is 3.20. The van der Waals surface area contributed by atoms with Crippen molar-refractivity contribution in [2.45, 2.75) is 60.0 Å². The molecule has 1 N–H and O–H groups in total. The number of terminal acetylenes is 1. The van der Waals surface area contributed by atoms with E-state index in [0.29, 0.717) is 12.2 Å². The first-order valence-electron chi connectivity index (χ1n) is 12.8. The predicted octanol–water partition coefficient (Wildman–Crippen LogP) is 7.26. The highest BCUT2D eigenvalue weighted by atomic mass is 16.6. The Hall–Kier alpha value is -4.04. The van der Waals surface area contributed by atoms with Gasteiger partial charge < -0.3 is 14.6 Å². The SMILES string of the molecule is C#CC1(OC(=O)C(C)(C)CC)c2ccccc2-c2ccccc21.CCC(C)(C)C(=O)Oc1ccc(O)cc1. The van der Waals surface area contributed by atoms with Gasteiger partial charge in [0.2, 0.25) is 5.60 Å². The highest BCUT2D eigenvalue weighted by Crippen LogP contribution is 2.50. The molecule has 0 unspecified atom stereocenters. The molecule has 0 spiro atoms. The van der Waals surface area contributed by atoms with Gasteiger partial charge in [-0.25, -0.2) is 0 Å². The fourth-order valence-electron chi connectivity index (χ4n) is 3.82. The maximum Gasteiger partial charge on any atom is 0.316 e. The monoisotopic (exact) mass is 512 g/mol. The second-order valence-electron chi connectivity index (χ2n) is 10.7. The number of fused-ring (bicyclic) bond motifs is 3. The van der Waals surface area contributed by atoms with Crippen molar-refractivity contribution < 1.29 is 24.2 Å². The number of carbonyl (C=O) groups excluding carboxylic acids is 2. The summed E-state index contributed by atoms with van der Waals surface area (Å²) in [5.74, 6) is 2.86. The van der Waals surface area contributed by atoms with E-state index in [1.807, 2.05) is 90.1 Å². The van der Waals surface area contributed by atoms with Crippen molar-refractivity contribution in [1.82, 2.24) is 0 Å². The second kappa shape index (κ2) is 11.1. The molecule has 4 rings (SSSR count). The van der Waals surface area contributed by atoms with Crippen molar-refractivity contribution in [2.24, 2.45) is 10.8 Å². The number of carbonyl (C=O) groups is 2. The highest BCUT2D eigenvalue weighted by molar-refractivity contribution is 5.85. The first kappa shape index (κ1) is 28.5. The van der Waals surface area contributed by atoms with Gasteiger partial charge in [0, 0.05) is 11.1 Å². The minimum Gasteiger partial charge on any atom is -0.508 e. The predicted molar refractivity (Wildman–Crippen MR) is 149 cm³/mol. The Kier molecular flexibility index (Phi) is 8.37. The number of aromatic hydroxyl groups is 1. The van der Waals surface area contributed by atoms with E-state index < -0.39 is 16.4 Å². The van der Waals surface area contributed by atoms with Crippen LogP contribution in [0, 0.1) is 23.2 Å². The molecule has 0 atom stereocenters. The third-order valence-corrected chi connectivity index (χ3v) is 7.27. The van der Waals surface area contributed by atoms with Crippen LogP contribution in [0.4, 0.5) is 0 Å². The topological polar surface area (TPSA) is 72.8 Å². The lowest BCUT2D eigenvalue weighted by Crippen LogP contribution is -2.36. The molecule has 1 aliphatic carbocycles. The lowest BCUT2D eigenvalue weighted by molar-refractivity contribution is -0.162.